The molecule has 2 aromatic rings. The molecular formula is C20H25NO4. The molecule has 3 rings (SSSR count). The van der Waals surface area contributed by atoms with Gasteiger partial charge in [0.15, 0.2) is 11.5 Å². The van der Waals surface area contributed by atoms with Crippen LogP contribution in [0.2, 0.25) is 0 Å². The standard InChI is InChI=1S/C20H25NO4/c1-23-18-10-9-15(12-19(18)24-2)13-21(14-17-8-5-11-25-17)20(22)16-6-3-4-7-16/h5,8-12,16H,3-4,6-7,13-14H2,1-2H3. The molecule has 0 saturated heterocycles. The predicted molar refractivity (Wildman–Crippen MR) is 94.5 cm³/mol. The Balaban J connectivity index is 1.80. The van der Waals surface area contributed by atoms with Gasteiger partial charge in [-0.3, -0.25) is 4.79 Å². The number of carbonyl (C=O) groups is 1. The van der Waals surface area contributed by atoms with Crippen LogP contribution in [0.1, 0.15) is 37.0 Å². The fourth-order valence-corrected chi connectivity index (χ4v) is 3.43. The lowest BCUT2D eigenvalue weighted by Crippen LogP contribution is -2.34. The largest absolute Gasteiger partial charge is 0.493 e. The zero-order valence-electron chi connectivity index (χ0n) is 14.9. The van der Waals surface area contributed by atoms with Crippen LogP contribution in [-0.2, 0) is 17.9 Å². The van der Waals surface area contributed by atoms with Gasteiger partial charge in [0.05, 0.1) is 27.0 Å². The van der Waals surface area contributed by atoms with E-state index >= 15 is 0 Å². The number of amides is 1. The molecule has 1 saturated carbocycles. The summed E-state index contributed by atoms with van der Waals surface area (Å²) in [4.78, 5) is 14.9. The van der Waals surface area contributed by atoms with Crippen molar-refractivity contribution in [3.63, 3.8) is 0 Å². The summed E-state index contributed by atoms with van der Waals surface area (Å²) < 4.78 is 16.1. The molecule has 1 aliphatic rings. The lowest BCUT2D eigenvalue weighted by atomic mass is 10.1. The van der Waals surface area contributed by atoms with Gasteiger partial charge in [0, 0.05) is 12.5 Å². The van der Waals surface area contributed by atoms with Crippen molar-refractivity contribution in [2.75, 3.05) is 14.2 Å². The SMILES string of the molecule is COc1ccc(CN(Cc2ccco2)C(=O)C2CCCC2)cc1OC. The van der Waals surface area contributed by atoms with E-state index in [9.17, 15) is 4.79 Å². The predicted octanol–water partition coefficient (Wildman–Crippen LogP) is 4.02. The molecule has 0 unspecified atom stereocenters. The van der Waals surface area contributed by atoms with Gasteiger partial charge in [-0.2, -0.15) is 0 Å². The average molecular weight is 343 g/mol. The van der Waals surface area contributed by atoms with Crippen LogP contribution in [0.25, 0.3) is 0 Å². The number of furan rings is 1. The van der Waals surface area contributed by atoms with Crippen molar-refractivity contribution < 1.29 is 18.7 Å². The van der Waals surface area contributed by atoms with Gasteiger partial charge < -0.3 is 18.8 Å². The molecule has 1 heterocycles. The molecule has 1 aliphatic carbocycles. The minimum Gasteiger partial charge on any atom is -0.493 e. The maximum Gasteiger partial charge on any atom is 0.226 e. The van der Waals surface area contributed by atoms with Crippen LogP contribution in [-0.4, -0.2) is 25.0 Å². The van der Waals surface area contributed by atoms with E-state index in [4.69, 9.17) is 13.9 Å². The van der Waals surface area contributed by atoms with Gasteiger partial charge in [0.2, 0.25) is 5.91 Å². The molecule has 1 amide bonds. The first kappa shape index (κ1) is 17.4. The highest BCUT2D eigenvalue weighted by molar-refractivity contribution is 5.79. The molecule has 5 nitrogen and oxygen atoms in total. The monoisotopic (exact) mass is 343 g/mol. The molecule has 25 heavy (non-hydrogen) atoms. The maximum absolute atomic E-state index is 13.0. The van der Waals surface area contributed by atoms with Crippen molar-refractivity contribution in [1.29, 1.82) is 0 Å². The van der Waals surface area contributed by atoms with Crippen molar-refractivity contribution in [2.45, 2.75) is 38.8 Å². The van der Waals surface area contributed by atoms with E-state index in [0.29, 0.717) is 24.6 Å². The third kappa shape index (κ3) is 4.16. The third-order valence-electron chi connectivity index (χ3n) is 4.76. The molecule has 0 aliphatic heterocycles. The maximum atomic E-state index is 13.0. The molecular weight excluding hydrogens is 318 g/mol. The average Bonchev–Trinajstić information content (AvgIpc) is 3.34. The minimum atomic E-state index is 0.134. The molecule has 0 atom stereocenters. The molecule has 1 aromatic heterocycles. The van der Waals surface area contributed by atoms with Gasteiger partial charge in [-0.25, -0.2) is 0 Å². The topological polar surface area (TPSA) is 51.9 Å². The summed E-state index contributed by atoms with van der Waals surface area (Å²) in [6.07, 6.45) is 5.89. The van der Waals surface area contributed by atoms with E-state index in [1.807, 2.05) is 35.2 Å². The summed E-state index contributed by atoms with van der Waals surface area (Å²) in [6.45, 7) is 1.01. The highest BCUT2D eigenvalue weighted by Crippen LogP contribution is 2.30. The Kier molecular flexibility index (Phi) is 5.64. The van der Waals surface area contributed by atoms with Crippen LogP contribution >= 0.6 is 0 Å². The number of rotatable bonds is 7. The zero-order chi connectivity index (χ0) is 17.6. The number of hydrogen-bond donors (Lipinski definition) is 0. The van der Waals surface area contributed by atoms with Crippen molar-refractivity contribution in [3.8, 4) is 11.5 Å². The van der Waals surface area contributed by atoms with E-state index in [0.717, 1.165) is 37.0 Å². The second-order valence-corrected chi connectivity index (χ2v) is 6.44. The Bertz CT molecular complexity index is 690. The first-order valence-electron chi connectivity index (χ1n) is 8.73. The van der Waals surface area contributed by atoms with Gasteiger partial charge in [-0.15, -0.1) is 0 Å². The van der Waals surface area contributed by atoms with E-state index in [-0.39, 0.29) is 11.8 Å². The number of nitrogens with zero attached hydrogens (tertiary/aromatic N) is 1. The second-order valence-electron chi connectivity index (χ2n) is 6.44. The normalized spacial score (nSPS) is 14.5. The van der Waals surface area contributed by atoms with Crippen LogP contribution in [0, 0.1) is 5.92 Å². The van der Waals surface area contributed by atoms with Crippen molar-refractivity contribution >= 4 is 5.91 Å². The number of hydrogen-bond acceptors (Lipinski definition) is 4. The van der Waals surface area contributed by atoms with E-state index in [1.165, 1.54) is 0 Å². The molecule has 1 aromatic carbocycles. The summed E-state index contributed by atoms with van der Waals surface area (Å²) in [5.74, 6) is 2.50. The lowest BCUT2D eigenvalue weighted by molar-refractivity contribution is -0.136. The van der Waals surface area contributed by atoms with Crippen LogP contribution in [0.3, 0.4) is 0 Å². The molecule has 0 N–H and O–H groups in total. The molecule has 134 valence electrons. The van der Waals surface area contributed by atoms with Gasteiger partial charge in [0.1, 0.15) is 5.76 Å². The number of benzene rings is 1. The van der Waals surface area contributed by atoms with Crippen molar-refractivity contribution in [1.82, 2.24) is 4.90 Å². The van der Waals surface area contributed by atoms with Crippen LogP contribution in [0.4, 0.5) is 0 Å². The molecule has 0 bridgehead atoms. The Hall–Kier alpha value is -2.43. The first-order chi connectivity index (χ1) is 12.2. The molecule has 0 radical (unpaired) electrons. The van der Waals surface area contributed by atoms with Crippen LogP contribution in [0.15, 0.2) is 41.0 Å². The second kappa shape index (κ2) is 8.10. The van der Waals surface area contributed by atoms with E-state index in [2.05, 4.69) is 0 Å². The molecule has 0 spiro atoms. The summed E-state index contributed by atoms with van der Waals surface area (Å²) in [5, 5.41) is 0. The first-order valence-corrected chi connectivity index (χ1v) is 8.73. The van der Waals surface area contributed by atoms with E-state index in [1.54, 1.807) is 20.5 Å². The number of carbonyl (C=O) groups excluding carboxylic acids is 1. The van der Waals surface area contributed by atoms with Crippen molar-refractivity contribution in [3.05, 3.63) is 47.9 Å². The number of methoxy groups -OCH3 is 2. The fraction of sp³-hybridized carbons (Fsp3) is 0.450. The Labute approximate surface area is 148 Å². The Morgan fingerprint density at radius 3 is 2.52 bits per heavy atom. The van der Waals surface area contributed by atoms with E-state index < -0.39 is 0 Å². The lowest BCUT2D eigenvalue weighted by Gasteiger charge is -2.25. The minimum absolute atomic E-state index is 0.134. The Morgan fingerprint density at radius 1 is 1.12 bits per heavy atom. The highest BCUT2D eigenvalue weighted by atomic mass is 16.5. The summed E-state index contributed by atoms with van der Waals surface area (Å²) in [7, 11) is 3.23. The summed E-state index contributed by atoms with van der Waals surface area (Å²) >= 11 is 0. The number of ether oxygens (including phenoxy) is 2. The summed E-state index contributed by atoms with van der Waals surface area (Å²) in [6, 6.07) is 9.53. The fourth-order valence-electron chi connectivity index (χ4n) is 3.43. The third-order valence-corrected chi connectivity index (χ3v) is 4.76. The van der Waals surface area contributed by atoms with Gasteiger partial charge in [0.25, 0.3) is 0 Å². The Morgan fingerprint density at radius 2 is 1.88 bits per heavy atom. The van der Waals surface area contributed by atoms with Gasteiger partial charge >= 0.3 is 0 Å². The van der Waals surface area contributed by atoms with Crippen molar-refractivity contribution in [2.24, 2.45) is 5.92 Å². The zero-order valence-corrected chi connectivity index (χ0v) is 14.9. The highest BCUT2D eigenvalue weighted by Gasteiger charge is 2.28. The van der Waals surface area contributed by atoms with Gasteiger partial charge in [-0.05, 0) is 42.7 Å². The van der Waals surface area contributed by atoms with Crippen LogP contribution < -0.4 is 9.47 Å². The van der Waals surface area contributed by atoms with Crippen LogP contribution in [0.5, 0.6) is 11.5 Å². The summed E-state index contributed by atoms with van der Waals surface area (Å²) in [5.41, 5.74) is 1.01. The quantitative estimate of drug-likeness (QED) is 0.762. The molecule has 1 fully saturated rings. The molecule has 5 heteroatoms. The van der Waals surface area contributed by atoms with Gasteiger partial charge in [-0.1, -0.05) is 18.9 Å². The smallest absolute Gasteiger partial charge is 0.226 e.